The molecule has 2 aromatic rings. The highest BCUT2D eigenvalue weighted by molar-refractivity contribution is 9.10. The van der Waals surface area contributed by atoms with Crippen LogP contribution in [0.4, 0.5) is 0 Å². The van der Waals surface area contributed by atoms with Crippen LogP contribution in [0.3, 0.4) is 0 Å². The van der Waals surface area contributed by atoms with E-state index in [1.165, 1.54) is 12.4 Å². The number of Topliss-reactive ketones (excluding diaryl/α,β-unsaturated/α-hetero) is 2. The Morgan fingerprint density at radius 3 is 2.74 bits per heavy atom. The molecule has 0 radical (unpaired) electrons. The second kappa shape index (κ2) is 4.66. The average Bonchev–Trinajstić information content (AvgIpc) is 2.75. The van der Waals surface area contributed by atoms with Crippen LogP contribution in [0, 0.1) is 5.92 Å². The summed E-state index contributed by atoms with van der Waals surface area (Å²) in [5.41, 5.74) is 1.52. The zero-order valence-electron chi connectivity index (χ0n) is 9.84. The van der Waals surface area contributed by atoms with Crippen molar-refractivity contribution < 1.29 is 9.59 Å². The van der Waals surface area contributed by atoms with Crippen LogP contribution < -0.4 is 0 Å². The van der Waals surface area contributed by atoms with Crippen molar-refractivity contribution in [2.75, 3.05) is 0 Å². The van der Waals surface area contributed by atoms with Gasteiger partial charge in [-0.05, 0) is 36.2 Å². The Hall–Kier alpha value is -1.88. The van der Waals surface area contributed by atoms with Gasteiger partial charge in [0.15, 0.2) is 11.6 Å². The van der Waals surface area contributed by atoms with Crippen LogP contribution in [-0.4, -0.2) is 21.5 Å². The third-order valence-electron chi connectivity index (χ3n) is 3.18. The number of fused-ring (bicyclic) bond motifs is 1. The highest BCUT2D eigenvalue weighted by Crippen LogP contribution is 2.30. The smallest absolute Gasteiger partial charge is 0.211 e. The van der Waals surface area contributed by atoms with Crippen molar-refractivity contribution in [3.63, 3.8) is 0 Å². The molecule has 5 heteroatoms. The minimum atomic E-state index is -0.688. The number of halogens is 1. The van der Waals surface area contributed by atoms with Crippen molar-refractivity contribution in [3.05, 3.63) is 58.1 Å². The van der Waals surface area contributed by atoms with E-state index in [2.05, 4.69) is 25.9 Å². The maximum atomic E-state index is 12.3. The molecule has 4 nitrogen and oxygen atoms in total. The average molecular weight is 317 g/mol. The molecule has 0 saturated heterocycles. The fourth-order valence-electron chi connectivity index (χ4n) is 2.27. The summed E-state index contributed by atoms with van der Waals surface area (Å²) >= 11 is 3.37. The second-order valence-electron chi connectivity index (χ2n) is 4.36. The van der Waals surface area contributed by atoms with E-state index in [0.29, 0.717) is 12.0 Å². The second-order valence-corrected chi connectivity index (χ2v) is 5.27. The molecule has 0 bridgehead atoms. The van der Waals surface area contributed by atoms with Crippen LogP contribution in [0.25, 0.3) is 0 Å². The van der Waals surface area contributed by atoms with Crippen molar-refractivity contribution in [2.45, 2.75) is 6.42 Å². The number of hydrogen-bond donors (Lipinski definition) is 0. The number of carbonyl (C=O) groups is 2. The van der Waals surface area contributed by atoms with E-state index >= 15 is 0 Å². The monoisotopic (exact) mass is 316 g/mol. The number of benzene rings is 1. The summed E-state index contributed by atoms with van der Waals surface area (Å²) in [5.74, 6) is -1.03. The predicted molar refractivity (Wildman–Crippen MR) is 72.0 cm³/mol. The SMILES string of the molecule is O=C(c1ncccn1)C1Cc2cc(Br)ccc2C1=O. The molecule has 3 rings (SSSR count). The Kier molecular flexibility index (Phi) is 2.98. The molecule has 0 aliphatic heterocycles. The Balaban J connectivity index is 1.94. The fraction of sp³-hybridized carbons (Fsp3) is 0.143. The van der Waals surface area contributed by atoms with E-state index in [-0.39, 0.29) is 17.4 Å². The first-order valence-corrected chi connectivity index (χ1v) is 6.60. The van der Waals surface area contributed by atoms with Crippen molar-refractivity contribution >= 4 is 27.5 Å². The number of hydrogen-bond acceptors (Lipinski definition) is 4. The van der Waals surface area contributed by atoms with E-state index in [1.54, 1.807) is 12.1 Å². The zero-order chi connectivity index (χ0) is 13.4. The van der Waals surface area contributed by atoms with Gasteiger partial charge < -0.3 is 0 Å². The van der Waals surface area contributed by atoms with Crippen molar-refractivity contribution in [1.82, 2.24) is 9.97 Å². The minimum absolute atomic E-state index is 0.104. The van der Waals surface area contributed by atoms with E-state index in [4.69, 9.17) is 0 Å². The summed E-state index contributed by atoms with van der Waals surface area (Å²) in [4.78, 5) is 32.3. The fourth-order valence-corrected chi connectivity index (χ4v) is 2.67. The predicted octanol–water partition coefficient (Wildman–Crippen LogP) is 2.48. The van der Waals surface area contributed by atoms with Crippen LogP contribution >= 0.6 is 15.9 Å². The lowest BCUT2D eigenvalue weighted by Gasteiger charge is -2.04. The summed E-state index contributed by atoms with van der Waals surface area (Å²) in [6, 6.07) is 7.08. The Labute approximate surface area is 118 Å². The maximum absolute atomic E-state index is 12.3. The lowest BCUT2D eigenvalue weighted by atomic mass is 9.99. The largest absolute Gasteiger partial charge is 0.293 e. The topological polar surface area (TPSA) is 59.9 Å². The molecule has 1 aromatic carbocycles. The molecule has 0 spiro atoms. The summed E-state index contributed by atoms with van der Waals surface area (Å²) in [6.45, 7) is 0. The molecule has 1 aliphatic rings. The summed E-state index contributed by atoms with van der Waals surface area (Å²) < 4.78 is 0.906. The molecule has 1 aromatic heterocycles. The summed E-state index contributed by atoms with van der Waals surface area (Å²) in [5, 5.41) is 0. The molecule has 1 aliphatic carbocycles. The number of aromatic nitrogens is 2. The Morgan fingerprint density at radius 2 is 2.00 bits per heavy atom. The van der Waals surface area contributed by atoms with Crippen LogP contribution in [-0.2, 0) is 6.42 Å². The van der Waals surface area contributed by atoms with E-state index in [9.17, 15) is 9.59 Å². The van der Waals surface area contributed by atoms with Crippen LogP contribution in [0.15, 0.2) is 41.1 Å². The molecule has 0 amide bonds. The molecule has 0 fully saturated rings. The molecule has 19 heavy (non-hydrogen) atoms. The number of ketones is 2. The van der Waals surface area contributed by atoms with Crippen LogP contribution in [0.1, 0.15) is 26.5 Å². The first-order valence-electron chi connectivity index (χ1n) is 5.80. The van der Waals surface area contributed by atoms with Gasteiger partial charge in [0.25, 0.3) is 0 Å². The van der Waals surface area contributed by atoms with Crippen molar-refractivity contribution in [3.8, 4) is 0 Å². The van der Waals surface area contributed by atoms with Gasteiger partial charge in [0.1, 0.15) is 0 Å². The maximum Gasteiger partial charge on any atom is 0.211 e. The van der Waals surface area contributed by atoms with Gasteiger partial charge in [-0.15, -0.1) is 0 Å². The first kappa shape index (κ1) is 12.2. The zero-order valence-corrected chi connectivity index (χ0v) is 11.4. The van der Waals surface area contributed by atoms with Crippen molar-refractivity contribution in [2.24, 2.45) is 5.92 Å². The minimum Gasteiger partial charge on any atom is -0.293 e. The number of carbonyl (C=O) groups excluding carboxylic acids is 2. The molecule has 1 unspecified atom stereocenters. The summed E-state index contributed by atoms with van der Waals surface area (Å²) in [6.07, 6.45) is 3.43. The molecular weight excluding hydrogens is 308 g/mol. The van der Waals surface area contributed by atoms with Gasteiger partial charge in [0, 0.05) is 22.4 Å². The lowest BCUT2D eigenvalue weighted by Crippen LogP contribution is -2.22. The lowest BCUT2D eigenvalue weighted by molar-refractivity contribution is 0.0815. The van der Waals surface area contributed by atoms with Gasteiger partial charge in [-0.2, -0.15) is 0 Å². The molecular formula is C14H9BrN2O2. The van der Waals surface area contributed by atoms with Gasteiger partial charge in [-0.3, -0.25) is 9.59 Å². The quantitative estimate of drug-likeness (QED) is 0.631. The van der Waals surface area contributed by atoms with E-state index < -0.39 is 5.92 Å². The van der Waals surface area contributed by atoms with Gasteiger partial charge in [0.2, 0.25) is 5.78 Å². The third-order valence-corrected chi connectivity index (χ3v) is 3.67. The van der Waals surface area contributed by atoms with Crippen LogP contribution in [0.5, 0.6) is 0 Å². The normalized spacial score (nSPS) is 17.3. The molecule has 1 heterocycles. The van der Waals surface area contributed by atoms with Gasteiger partial charge >= 0.3 is 0 Å². The summed E-state index contributed by atoms with van der Waals surface area (Å²) in [7, 11) is 0. The molecule has 1 atom stereocenters. The first-order chi connectivity index (χ1) is 9.16. The van der Waals surface area contributed by atoms with Gasteiger partial charge in [0.05, 0.1) is 5.92 Å². The number of nitrogens with zero attached hydrogens (tertiary/aromatic N) is 2. The highest BCUT2D eigenvalue weighted by Gasteiger charge is 2.37. The van der Waals surface area contributed by atoms with E-state index in [1.807, 2.05) is 12.1 Å². The van der Waals surface area contributed by atoms with Gasteiger partial charge in [-0.1, -0.05) is 15.9 Å². The Bertz CT molecular complexity index is 670. The molecule has 0 saturated carbocycles. The van der Waals surface area contributed by atoms with Crippen molar-refractivity contribution in [1.29, 1.82) is 0 Å². The number of rotatable bonds is 2. The standard InChI is InChI=1S/C14H9BrN2O2/c15-9-2-3-10-8(6-9)7-11(12(10)18)13(19)14-16-4-1-5-17-14/h1-6,11H,7H2. The van der Waals surface area contributed by atoms with Gasteiger partial charge in [-0.25, -0.2) is 9.97 Å². The Morgan fingerprint density at radius 1 is 1.26 bits per heavy atom. The van der Waals surface area contributed by atoms with Crippen LogP contribution in [0.2, 0.25) is 0 Å². The molecule has 0 N–H and O–H groups in total. The third kappa shape index (κ3) is 2.10. The molecule has 94 valence electrons. The van der Waals surface area contributed by atoms with E-state index in [0.717, 1.165) is 10.0 Å². The highest BCUT2D eigenvalue weighted by atomic mass is 79.9.